The summed E-state index contributed by atoms with van der Waals surface area (Å²) in [5.41, 5.74) is 5.02. The molecule has 5 aromatic rings. The highest BCUT2D eigenvalue weighted by Gasteiger charge is 2.13. The van der Waals surface area contributed by atoms with E-state index in [9.17, 15) is 0 Å². The fourth-order valence-corrected chi connectivity index (χ4v) is 3.67. The van der Waals surface area contributed by atoms with E-state index in [-0.39, 0.29) is 0 Å². The lowest BCUT2D eigenvalue weighted by molar-refractivity contribution is 0.587. The van der Waals surface area contributed by atoms with Gasteiger partial charge in [0.2, 0.25) is 0 Å². The maximum atomic E-state index is 5.97. The lowest BCUT2D eigenvalue weighted by Gasteiger charge is -2.09. The number of benzene rings is 3. The smallest absolute Gasteiger partial charge is 0.141 e. The van der Waals surface area contributed by atoms with E-state index < -0.39 is 0 Å². The predicted octanol–water partition coefficient (Wildman–Crippen LogP) is 7.59. The minimum atomic E-state index is 0.869. The fourth-order valence-electron chi connectivity index (χ4n) is 3.40. The van der Waals surface area contributed by atoms with Crippen LogP contribution in [0.3, 0.4) is 0 Å². The first kappa shape index (κ1) is 17.0. The monoisotopic (exact) mass is 425 g/mol. The van der Waals surface area contributed by atoms with E-state index in [1.807, 2.05) is 48.7 Å². The molecule has 2 heterocycles. The second kappa shape index (κ2) is 7.10. The van der Waals surface area contributed by atoms with Crippen LogP contribution in [0, 0.1) is 0 Å². The van der Waals surface area contributed by atoms with Crippen molar-refractivity contribution in [1.29, 1.82) is 0 Å². The zero-order valence-corrected chi connectivity index (χ0v) is 16.6. The van der Waals surface area contributed by atoms with Gasteiger partial charge in [0, 0.05) is 31.9 Å². The van der Waals surface area contributed by atoms with Gasteiger partial charge in [0.05, 0.1) is 17.7 Å². The van der Waals surface area contributed by atoms with Crippen LogP contribution in [0.4, 0.5) is 0 Å². The Morgan fingerprint density at radius 1 is 0.643 bits per heavy atom. The van der Waals surface area contributed by atoms with Gasteiger partial charge in [-0.05, 0) is 24.3 Å². The fraction of sp³-hybridized carbons (Fsp3) is 0. The summed E-state index contributed by atoms with van der Waals surface area (Å²) in [6.45, 7) is 0. The number of hydrogen-bond donors (Lipinski definition) is 0. The van der Waals surface area contributed by atoms with Crippen molar-refractivity contribution in [1.82, 2.24) is 4.98 Å². The quantitative estimate of drug-likeness (QED) is 0.297. The molecule has 5 rings (SSSR count). The van der Waals surface area contributed by atoms with Crippen LogP contribution in [0.2, 0.25) is 0 Å². The molecule has 2 aromatic heterocycles. The van der Waals surface area contributed by atoms with Crippen LogP contribution in [-0.2, 0) is 0 Å². The molecule has 28 heavy (non-hydrogen) atoms. The Morgan fingerprint density at radius 3 is 2.04 bits per heavy atom. The summed E-state index contributed by atoms with van der Waals surface area (Å²) in [5, 5.41) is 2.20. The number of fused-ring (bicyclic) bond motifs is 1. The van der Waals surface area contributed by atoms with Crippen LogP contribution in [-0.4, -0.2) is 4.98 Å². The van der Waals surface area contributed by atoms with E-state index in [0.29, 0.717) is 0 Å². The Kier molecular flexibility index (Phi) is 4.30. The Labute approximate surface area is 171 Å². The van der Waals surface area contributed by atoms with Gasteiger partial charge in [-0.3, -0.25) is 0 Å². The average molecular weight is 426 g/mol. The van der Waals surface area contributed by atoms with E-state index in [2.05, 4.69) is 64.5 Å². The van der Waals surface area contributed by atoms with Crippen LogP contribution in [0.1, 0.15) is 0 Å². The van der Waals surface area contributed by atoms with Crippen molar-refractivity contribution in [3.63, 3.8) is 0 Å². The van der Waals surface area contributed by atoms with Crippen molar-refractivity contribution in [2.24, 2.45) is 0 Å². The van der Waals surface area contributed by atoms with Gasteiger partial charge in [0.1, 0.15) is 5.76 Å². The van der Waals surface area contributed by atoms with E-state index in [1.165, 1.54) is 0 Å². The second-order valence-electron chi connectivity index (χ2n) is 6.65. The number of pyridine rings is 1. The van der Waals surface area contributed by atoms with Gasteiger partial charge < -0.3 is 4.42 Å². The molecule has 0 saturated carbocycles. The summed E-state index contributed by atoms with van der Waals surface area (Å²) in [7, 11) is 0. The first-order chi connectivity index (χ1) is 13.8. The van der Waals surface area contributed by atoms with E-state index in [0.717, 1.165) is 49.1 Å². The van der Waals surface area contributed by atoms with Gasteiger partial charge >= 0.3 is 0 Å². The summed E-state index contributed by atoms with van der Waals surface area (Å²) in [6.07, 6.45) is 1.81. The molecule has 2 nitrogen and oxygen atoms in total. The van der Waals surface area contributed by atoms with Gasteiger partial charge in [0.25, 0.3) is 0 Å². The lowest BCUT2D eigenvalue weighted by Crippen LogP contribution is -1.90. The third-order valence-corrected chi connectivity index (χ3v) is 5.33. The third-order valence-electron chi connectivity index (χ3n) is 4.81. The molecule has 0 spiro atoms. The van der Waals surface area contributed by atoms with Crippen molar-refractivity contribution >= 4 is 26.7 Å². The highest BCUT2D eigenvalue weighted by Crippen LogP contribution is 2.35. The first-order valence-electron chi connectivity index (χ1n) is 9.08. The summed E-state index contributed by atoms with van der Waals surface area (Å²) in [4.78, 5) is 4.94. The zero-order chi connectivity index (χ0) is 18.9. The zero-order valence-electron chi connectivity index (χ0n) is 15.0. The number of nitrogens with zero attached hydrogens (tertiary/aromatic N) is 1. The number of furan rings is 1. The maximum absolute atomic E-state index is 5.97. The molecule has 0 aliphatic heterocycles. The normalized spacial score (nSPS) is 11.0. The largest absolute Gasteiger partial charge is 0.463 e. The van der Waals surface area contributed by atoms with E-state index >= 15 is 0 Å². The Bertz CT molecular complexity index is 1260. The predicted molar refractivity (Wildman–Crippen MR) is 118 cm³/mol. The number of rotatable bonds is 3. The molecule has 0 aliphatic rings. The third kappa shape index (κ3) is 3.14. The summed E-state index contributed by atoms with van der Waals surface area (Å²) < 4.78 is 7.02. The summed E-state index contributed by atoms with van der Waals surface area (Å²) in [6, 6.07) is 30.9. The Hall–Kier alpha value is -3.17. The van der Waals surface area contributed by atoms with Crippen LogP contribution in [0.5, 0.6) is 0 Å². The minimum Gasteiger partial charge on any atom is -0.463 e. The van der Waals surface area contributed by atoms with Gasteiger partial charge in [-0.1, -0.05) is 82.7 Å². The second-order valence-corrected chi connectivity index (χ2v) is 7.57. The van der Waals surface area contributed by atoms with Crippen LogP contribution >= 0.6 is 15.9 Å². The molecule has 0 fully saturated rings. The maximum Gasteiger partial charge on any atom is 0.141 e. The van der Waals surface area contributed by atoms with Gasteiger partial charge in [-0.15, -0.1) is 0 Å². The van der Waals surface area contributed by atoms with Crippen molar-refractivity contribution in [3.05, 3.63) is 102 Å². The van der Waals surface area contributed by atoms with Crippen LogP contribution in [0.15, 0.2) is 106 Å². The SMILES string of the molecule is Brc1ccc(-c2cc(-c3occ4ccccc34)cc(-c3ccccc3)n2)cc1. The molecule has 0 saturated heterocycles. The Morgan fingerprint density at radius 2 is 1.29 bits per heavy atom. The molecule has 0 N–H and O–H groups in total. The molecular weight excluding hydrogens is 410 g/mol. The number of aromatic nitrogens is 1. The molecule has 0 bridgehead atoms. The highest BCUT2D eigenvalue weighted by atomic mass is 79.9. The molecule has 0 unspecified atom stereocenters. The molecule has 0 atom stereocenters. The molecular formula is C25H16BrNO. The lowest BCUT2D eigenvalue weighted by atomic mass is 10.0. The standard InChI is InChI=1S/C25H16BrNO/c26-21-12-10-18(11-13-21)24-15-20(14-23(27-24)17-6-2-1-3-7-17)25-22-9-5-4-8-19(22)16-28-25/h1-16H. The van der Waals surface area contributed by atoms with Gasteiger partial charge in [-0.25, -0.2) is 4.98 Å². The van der Waals surface area contributed by atoms with Gasteiger partial charge in [-0.2, -0.15) is 0 Å². The summed E-state index contributed by atoms with van der Waals surface area (Å²) in [5.74, 6) is 0.869. The molecule has 0 amide bonds. The van der Waals surface area contributed by atoms with Crippen molar-refractivity contribution in [2.75, 3.05) is 0 Å². The topological polar surface area (TPSA) is 26.0 Å². The molecule has 3 heteroatoms. The average Bonchev–Trinajstić information content (AvgIpc) is 3.19. The van der Waals surface area contributed by atoms with Crippen molar-refractivity contribution in [2.45, 2.75) is 0 Å². The number of halogens is 1. The van der Waals surface area contributed by atoms with Crippen molar-refractivity contribution in [3.8, 4) is 33.8 Å². The van der Waals surface area contributed by atoms with Crippen molar-refractivity contribution < 1.29 is 4.42 Å². The highest BCUT2D eigenvalue weighted by molar-refractivity contribution is 9.10. The summed E-state index contributed by atoms with van der Waals surface area (Å²) >= 11 is 3.51. The molecule has 134 valence electrons. The number of hydrogen-bond acceptors (Lipinski definition) is 2. The first-order valence-corrected chi connectivity index (χ1v) is 9.87. The van der Waals surface area contributed by atoms with E-state index in [1.54, 1.807) is 0 Å². The van der Waals surface area contributed by atoms with Crippen LogP contribution < -0.4 is 0 Å². The minimum absolute atomic E-state index is 0.869. The van der Waals surface area contributed by atoms with Gasteiger partial charge in [0.15, 0.2) is 0 Å². The molecule has 0 radical (unpaired) electrons. The molecule has 3 aromatic carbocycles. The van der Waals surface area contributed by atoms with Crippen LogP contribution in [0.25, 0.3) is 44.6 Å². The Balaban J connectivity index is 1.74. The molecule has 0 aliphatic carbocycles. The van der Waals surface area contributed by atoms with E-state index in [4.69, 9.17) is 9.40 Å².